The number of allylic oxidation sites excluding steroid dienone is 9. The van der Waals surface area contributed by atoms with Crippen molar-refractivity contribution >= 4 is 5.97 Å². The summed E-state index contributed by atoms with van der Waals surface area (Å²) in [6.07, 6.45) is 46.2. The zero-order valence-electron chi connectivity index (χ0n) is 30.2. The van der Waals surface area contributed by atoms with Crippen LogP contribution < -0.4 is 0 Å². The molecule has 254 valence electrons. The third-order valence-electron chi connectivity index (χ3n) is 8.74. The molecular formula is C42H74O2. The van der Waals surface area contributed by atoms with Crippen LogP contribution in [0.5, 0.6) is 0 Å². The molecule has 0 saturated heterocycles. The third-order valence-corrected chi connectivity index (χ3v) is 8.74. The van der Waals surface area contributed by atoms with Crippen LogP contribution in [0.2, 0.25) is 0 Å². The van der Waals surface area contributed by atoms with Crippen molar-refractivity contribution in [1.82, 2.24) is 0 Å². The van der Waals surface area contributed by atoms with E-state index in [9.17, 15) is 4.79 Å². The maximum Gasteiger partial charge on any atom is 0.330 e. The third kappa shape index (κ3) is 33.1. The van der Waals surface area contributed by atoms with E-state index in [1.807, 2.05) is 30.4 Å². The molecular weight excluding hydrogens is 536 g/mol. The summed E-state index contributed by atoms with van der Waals surface area (Å²) in [5.41, 5.74) is 0. The van der Waals surface area contributed by atoms with Crippen LogP contribution in [0.3, 0.4) is 0 Å². The Morgan fingerprint density at radius 3 is 1.45 bits per heavy atom. The molecule has 0 fully saturated rings. The first-order valence-electron chi connectivity index (χ1n) is 18.8. The molecule has 0 aliphatic rings. The van der Waals surface area contributed by atoms with Crippen LogP contribution in [0.25, 0.3) is 0 Å². The minimum absolute atomic E-state index is 0.255. The molecule has 0 aromatic heterocycles. The number of unbranched alkanes of at least 4 members (excludes halogenated alkanes) is 9. The van der Waals surface area contributed by atoms with Crippen molar-refractivity contribution in [2.45, 2.75) is 170 Å². The molecule has 0 amide bonds. The fraction of sp³-hybridized carbons (Fsp3) is 0.738. The molecule has 0 N–H and O–H groups in total. The average molecular weight is 611 g/mol. The molecule has 0 rings (SSSR count). The van der Waals surface area contributed by atoms with Gasteiger partial charge >= 0.3 is 5.97 Å². The number of carbonyl (C=O) groups excluding carboxylic acids is 1. The van der Waals surface area contributed by atoms with Gasteiger partial charge < -0.3 is 4.74 Å². The number of hydrogen-bond acceptors (Lipinski definition) is 2. The van der Waals surface area contributed by atoms with E-state index in [1.165, 1.54) is 128 Å². The fourth-order valence-electron chi connectivity index (χ4n) is 5.61. The highest BCUT2D eigenvalue weighted by molar-refractivity contribution is 5.82. The first-order valence-corrected chi connectivity index (χ1v) is 18.8. The van der Waals surface area contributed by atoms with E-state index in [0.717, 1.165) is 24.2 Å². The molecule has 0 spiro atoms. The summed E-state index contributed by atoms with van der Waals surface area (Å²) in [7, 11) is 0. The number of carbonyl (C=O) groups is 1. The summed E-state index contributed by atoms with van der Waals surface area (Å²) in [5.74, 6) is 2.89. The summed E-state index contributed by atoms with van der Waals surface area (Å²) < 4.78 is 5.40. The Kier molecular flexibility index (Phi) is 31.2. The summed E-state index contributed by atoms with van der Waals surface area (Å²) in [5, 5.41) is 0. The van der Waals surface area contributed by atoms with Crippen molar-refractivity contribution in [2.24, 2.45) is 23.7 Å². The minimum atomic E-state index is -0.255. The average Bonchev–Trinajstić information content (AvgIpc) is 2.98. The van der Waals surface area contributed by atoms with Crippen molar-refractivity contribution in [3.63, 3.8) is 0 Å². The Balaban J connectivity index is 3.73. The van der Waals surface area contributed by atoms with Gasteiger partial charge in [0, 0.05) is 6.08 Å². The topological polar surface area (TPSA) is 26.3 Å². The predicted octanol–water partition coefficient (Wildman–Crippen LogP) is 13.7. The lowest BCUT2D eigenvalue weighted by atomic mass is 9.91. The highest BCUT2D eigenvalue weighted by Crippen LogP contribution is 2.22. The van der Waals surface area contributed by atoms with E-state index >= 15 is 0 Å². The molecule has 44 heavy (non-hydrogen) atoms. The normalized spacial score (nSPS) is 14.7. The minimum Gasteiger partial charge on any atom is -0.463 e. The van der Waals surface area contributed by atoms with Gasteiger partial charge in [0.15, 0.2) is 0 Å². The van der Waals surface area contributed by atoms with E-state index in [-0.39, 0.29) is 5.97 Å². The molecule has 0 saturated carbocycles. The molecule has 0 heterocycles. The Morgan fingerprint density at radius 1 is 0.500 bits per heavy atom. The molecule has 2 heteroatoms. The number of rotatable bonds is 30. The summed E-state index contributed by atoms with van der Waals surface area (Å²) in [4.78, 5) is 12.0. The quantitative estimate of drug-likeness (QED) is 0.0350. The second-order valence-corrected chi connectivity index (χ2v) is 14.0. The standard InChI is InChI=1S/C42H74O2/c1-7-8-9-10-11-12-13-14-15-16-17-18-19-20-21-22-23-24-25-35-42(43)44-37-36-41(6)34-28-33-40(5)32-27-31-39(4)30-26-29-38(2)3/h17-25,35,38-41H,7-16,26-34,36-37H2,1-6H3. The first kappa shape index (κ1) is 42.2. The molecule has 0 aliphatic carbocycles. The lowest BCUT2D eigenvalue weighted by Crippen LogP contribution is -2.07. The smallest absolute Gasteiger partial charge is 0.330 e. The fourth-order valence-corrected chi connectivity index (χ4v) is 5.61. The van der Waals surface area contributed by atoms with Gasteiger partial charge in [-0.25, -0.2) is 4.79 Å². The van der Waals surface area contributed by atoms with Crippen molar-refractivity contribution in [3.8, 4) is 0 Å². The molecule has 0 aliphatic heterocycles. The van der Waals surface area contributed by atoms with E-state index in [4.69, 9.17) is 4.74 Å². The number of hydrogen-bond donors (Lipinski definition) is 0. The summed E-state index contributed by atoms with van der Waals surface area (Å²) >= 11 is 0. The highest BCUT2D eigenvalue weighted by Gasteiger charge is 2.09. The molecule has 0 aromatic carbocycles. The van der Waals surface area contributed by atoms with Crippen LogP contribution in [-0.2, 0) is 9.53 Å². The second kappa shape index (κ2) is 32.6. The van der Waals surface area contributed by atoms with Crippen LogP contribution in [0.15, 0.2) is 60.8 Å². The zero-order valence-corrected chi connectivity index (χ0v) is 30.2. The van der Waals surface area contributed by atoms with Gasteiger partial charge in [-0.2, -0.15) is 0 Å². The summed E-state index contributed by atoms with van der Waals surface area (Å²) in [6.45, 7) is 14.6. The molecule has 3 atom stereocenters. The zero-order chi connectivity index (χ0) is 32.5. The molecule has 0 bridgehead atoms. The van der Waals surface area contributed by atoms with Gasteiger partial charge in [0.2, 0.25) is 0 Å². The van der Waals surface area contributed by atoms with Crippen LogP contribution >= 0.6 is 0 Å². The highest BCUT2D eigenvalue weighted by atomic mass is 16.5. The molecule has 0 radical (unpaired) electrons. The van der Waals surface area contributed by atoms with Crippen molar-refractivity contribution in [3.05, 3.63) is 60.8 Å². The Hall–Kier alpha value is -1.83. The van der Waals surface area contributed by atoms with Gasteiger partial charge in [-0.15, -0.1) is 0 Å². The molecule has 3 unspecified atom stereocenters. The van der Waals surface area contributed by atoms with Gasteiger partial charge in [0.05, 0.1) is 6.61 Å². The predicted molar refractivity (Wildman–Crippen MR) is 197 cm³/mol. The largest absolute Gasteiger partial charge is 0.463 e. The van der Waals surface area contributed by atoms with E-state index in [1.54, 1.807) is 6.08 Å². The molecule has 0 aromatic rings. The van der Waals surface area contributed by atoms with Gasteiger partial charge in [0.1, 0.15) is 0 Å². The van der Waals surface area contributed by atoms with E-state index in [0.29, 0.717) is 12.5 Å². The van der Waals surface area contributed by atoms with Gasteiger partial charge in [-0.1, -0.05) is 205 Å². The SMILES string of the molecule is CCCCCCCCCCCC=CC=CC=CC=CC=CC(=O)OCCC(C)CCCC(C)CCCC(C)CCCC(C)C. The maximum atomic E-state index is 12.0. The van der Waals surface area contributed by atoms with Crippen molar-refractivity contribution in [1.29, 1.82) is 0 Å². The second-order valence-electron chi connectivity index (χ2n) is 14.0. The first-order chi connectivity index (χ1) is 21.3. The lowest BCUT2D eigenvalue weighted by Gasteiger charge is -2.16. The Bertz CT molecular complexity index is 769. The number of ether oxygens (including phenoxy) is 1. The maximum absolute atomic E-state index is 12.0. The lowest BCUT2D eigenvalue weighted by molar-refractivity contribution is -0.138. The van der Waals surface area contributed by atoms with Crippen LogP contribution in [0, 0.1) is 23.7 Å². The monoisotopic (exact) mass is 611 g/mol. The number of esters is 1. The van der Waals surface area contributed by atoms with E-state index in [2.05, 4.69) is 59.8 Å². The summed E-state index contributed by atoms with van der Waals surface area (Å²) in [6, 6.07) is 0. The van der Waals surface area contributed by atoms with Crippen LogP contribution in [0.1, 0.15) is 170 Å². The van der Waals surface area contributed by atoms with Gasteiger partial charge in [-0.3, -0.25) is 0 Å². The molecule has 2 nitrogen and oxygen atoms in total. The Labute approximate surface area is 276 Å². The van der Waals surface area contributed by atoms with Crippen LogP contribution in [0.4, 0.5) is 0 Å². The van der Waals surface area contributed by atoms with Crippen LogP contribution in [-0.4, -0.2) is 12.6 Å². The van der Waals surface area contributed by atoms with E-state index < -0.39 is 0 Å². The van der Waals surface area contributed by atoms with Gasteiger partial charge in [-0.05, 0) is 42.9 Å². The van der Waals surface area contributed by atoms with Crippen molar-refractivity contribution < 1.29 is 9.53 Å². The van der Waals surface area contributed by atoms with Crippen molar-refractivity contribution in [2.75, 3.05) is 6.61 Å². The van der Waals surface area contributed by atoms with Gasteiger partial charge in [0.25, 0.3) is 0 Å². The Morgan fingerprint density at radius 2 is 0.932 bits per heavy atom.